The minimum atomic E-state index is -1.38. The van der Waals surface area contributed by atoms with Crippen molar-refractivity contribution >= 4 is 23.7 Å². The summed E-state index contributed by atoms with van der Waals surface area (Å²) in [6.07, 6.45) is 1.35. The highest BCUT2D eigenvalue weighted by Crippen LogP contribution is 2.14. The number of carbonyl (C=O) groups is 4. The molecule has 3 rings (SSSR count). The van der Waals surface area contributed by atoms with Gasteiger partial charge < -0.3 is 30.6 Å². The minimum absolute atomic E-state index is 0.0641. The number of amides is 3. The van der Waals surface area contributed by atoms with E-state index >= 15 is 0 Å². The Morgan fingerprint density at radius 2 is 1.62 bits per heavy atom. The number of aromatic hydroxyl groups is 1. The van der Waals surface area contributed by atoms with Crippen LogP contribution in [0.3, 0.4) is 0 Å². The summed E-state index contributed by atoms with van der Waals surface area (Å²) in [5.74, 6) is -2.79. The SMILES string of the molecule is CC.Cc1cc(C(=O)NCc2cccc(O)c2)ccc1C(=O)NC(CNC(=O)c1occc1C)C(=O)O. The van der Waals surface area contributed by atoms with E-state index in [0.29, 0.717) is 16.7 Å². The number of carboxylic acid groups (broad SMARTS) is 1. The Morgan fingerprint density at radius 3 is 2.22 bits per heavy atom. The molecule has 37 heavy (non-hydrogen) atoms. The number of carbonyl (C=O) groups excluding carboxylic acids is 3. The van der Waals surface area contributed by atoms with Crippen molar-refractivity contribution in [1.82, 2.24) is 16.0 Å². The molecule has 0 aliphatic heterocycles. The van der Waals surface area contributed by atoms with Gasteiger partial charge >= 0.3 is 5.97 Å². The van der Waals surface area contributed by atoms with Gasteiger partial charge in [-0.2, -0.15) is 0 Å². The van der Waals surface area contributed by atoms with Gasteiger partial charge in [-0.05, 0) is 61.4 Å². The number of phenols is 1. The second kappa shape index (κ2) is 13.5. The van der Waals surface area contributed by atoms with E-state index in [4.69, 9.17) is 4.42 Å². The highest BCUT2D eigenvalue weighted by molar-refractivity contribution is 6.00. The maximum Gasteiger partial charge on any atom is 0.328 e. The fourth-order valence-corrected chi connectivity index (χ4v) is 3.33. The molecule has 1 unspecified atom stereocenters. The molecule has 2 aromatic carbocycles. The lowest BCUT2D eigenvalue weighted by atomic mass is 10.0. The van der Waals surface area contributed by atoms with Gasteiger partial charge in [0.2, 0.25) is 0 Å². The molecule has 0 spiro atoms. The number of aliphatic carboxylic acids is 1. The Balaban J connectivity index is 0.00000235. The molecule has 3 aromatic rings. The fraction of sp³-hybridized carbons (Fsp3) is 0.259. The van der Waals surface area contributed by atoms with Crippen LogP contribution >= 0.6 is 0 Å². The number of carboxylic acids is 1. The van der Waals surface area contributed by atoms with Crippen LogP contribution in [0.4, 0.5) is 0 Å². The number of hydrogen-bond acceptors (Lipinski definition) is 6. The number of furan rings is 1. The van der Waals surface area contributed by atoms with Crippen molar-refractivity contribution in [2.45, 2.75) is 40.3 Å². The number of nitrogens with one attached hydrogen (secondary N) is 3. The number of aryl methyl sites for hydroxylation is 2. The first-order valence-electron chi connectivity index (χ1n) is 11.7. The summed E-state index contributed by atoms with van der Waals surface area (Å²) in [6, 6.07) is 11.1. The maximum atomic E-state index is 12.7. The third kappa shape index (κ3) is 7.96. The smallest absolute Gasteiger partial charge is 0.328 e. The molecule has 0 saturated heterocycles. The monoisotopic (exact) mass is 509 g/mol. The van der Waals surface area contributed by atoms with Crippen molar-refractivity contribution in [1.29, 1.82) is 0 Å². The number of benzene rings is 2. The number of phenolic OH excluding ortho intramolecular Hbond substituents is 1. The molecule has 0 saturated carbocycles. The molecule has 1 heterocycles. The minimum Gasteiger partial charge on any atom is -0.508 e. The standard InChI is InChI=1S/C25H25N3O7.C2H6/c1-14-8-9-35-21(14)24(32)27-13-20(25(33)34)28-23(31)19-7-6-17(10-15(19)2)22(30)26-12-16-4-3-5-18(29)11-16;1-2/h3-11,20,29H,12-13H2,1-2H3,(H,26,30)(H,27,32)(H,28,31)(H,33,34);1-2H3. The molecule has 1 atom stereocenters. The zero-order valence-electron chi connectivity index (χ0n) is 21.1. The van der Waals surface area contributed by atoms with Crippen molar-refractivity contribution in [2.24, 2.45) is 0 Å². The van der Waals surface area contributed by atoms with E-state index < -0.39 is 23.8 Å². The first kappa shape index (κ1) is 28.6. The Bertz CT molecular complexity index is 1270. The van der Waals surface area contributed by atoms with Gasteiger partial charge in [-0.15, -0.1) is 0 Å². The summed E-state index contributed by atoms with van der Waals surface area (Å²) in [7, 11) is 0. The average Bonchev–Trinajstić information content (AvgIpc) is 3.31. The normalized spacial score (nSPS) is 10.9. The van der Waals surface area contributed by atoms with Gasteiger partial charge in [0.05, 0.1) is 6.26 Å². The second-order valence-corrected chi connectivity index (χ2v) is 7.89. The van der Waals surface area contributed by atoms with Crippen molar-refractivity contribution in [3.8, 4) is 5.75 Å². The summed E-state index contributed by atoms with van der Waals surface area (Å²) >= 11 is 0. The van der Waals surface area contributed by atoms with E-state index in [2.05, 4.69) is 16.0 Å². The lowest BCUT2D eigenvalue weighted by Crippen LogP contribution is -2.48. The van der Waals surface area contributed by atoms with Crippen LogP contribution in [0.15, 0.2) is 59.2 Å². The lowest BCUT2D eigenvalue weighted by Gasteiger charge is -2.16. The average molecular weight is 510 g/mol. The largest absolute Gasteiger partial charge is 0.508 e. The van der Waals surface area contributed by atoms with Crippen LogP contribution in [-0.4, -0.2) is 46.5 Å². The summed E-state index contributed by atoms with van der Waals surface area (Å²) in [4.78, 5) is 49.0. The van der Waals surface area contributed by atoms with Crippen molar-refractivity contribution in [3.05, 3.63) is 88.4 Å². The third-order valence-corrected chi connectivity index (χ3v) is 5.24. The van der Waals surface area contributed by atoms with Gasteiger partial charge in [0.15, 0.2) is 5.76 Å². The first-order chi connectivity index (χ1) is 17.7. The van der Waals surface area contributed by atoms with E-state index in [0.717, 1.165) is 5.56 Å². The summed E-state index contributed by atoms with van der Waals surface area (Å²) in [5.41, 5.74) is 2.29. The van der Waals surface area contributed by atoms with Crippen molar-refractivity contribution in [3.63, 3.8) is 0 Å². The van der Waals surface area contributed by atoms with Crippen LogP contribution in [-0.2, 0) is 11.3 Å². The Labute approximate surface area is 214 Å². The molecule has 196 valence electrons. The maximum absolute atomic E-state index is 12.7. The van der Waals surface area contributed by atoms with E-state index in [1.165, 1.54) is 36.6 Å². The Kier molecular flexibility index (Phi) is 10.4. The van der Waals surface area contributed by atoms with E-state index in [9.17, 15) is 29.4 Å². The first-order valence-corrected chi connectivity index (χ1v) is 11.7. The Hall–Kier alpha value is -4.60. The summed E-state index contributed by atoms with van der Waals surface area (Å²) in [5, 5.41) is 26.5. The zero-order valence-corrected chi connectivity index (χ0v) is 21.1. The Morgan fingerprint density at radius 1 is 0.892 bits per heavy atom. The van der Waals surface area contributed by atoms with Crippen LogP contribution in [0, 0.1) is 13.8 Å². The quantitative estimate of drug-likeness (QED) is 0.296. The van der Waals surface area contributed by atoms with Crippen molar-refractivity contribution in [2.75, 3.05) is 6.54 Å². The van der Waals surface area contributed by atoms with E-state index in [-0.39, 0.29) is 36.1 Å². The summed E-state index contributed by atoms with van der Waals surface area (Å²) < 4.78 is 5.07. The number of rotatable bonds is 9. The van der Waals surface area contributed by atoms with Gasteiger partial charge in [-0.25, -0.2) is 4.79 Å². The topological polar surface area (TPSA) is 158 Å². The van der Waals surface area contributed by atoms with Gasteiger partial charge in [0, 0.05) is 29.8 Å². The van der Waals surface area contributed by atoms with Crippen molar-refractivity contribution < 1.29 is 33.8 Å². The van der Waals surface area contributed by atoms with Crippen LogP contribution in [0.1, 0.15) is 61.8 Å². The molecule has 0 bridgehead atoms. The molecule has 0 aliphatic carbocycles. The van der Waals surface area contributed by atoms with Crippen LogP contribution in [0.2, 0.25) is 0 Å². The fourth-order valence-electron chi connectivity index (χ4n) is 3.33. The highest BCUT2D eigenvalue weighted by atomic mass is 16.4. The van der Waals surface area contributed by atoms with Gasteiger partial charge in [-0.3, -0.25) is 14.4 Å². The molecular formula is C27H31N3O7. The van der Waals surface area contributed by atoms with Gasteiger partial charge in [0.1, 0.15) is 11.8 Å². The second-order valence-electron chi connectivity index (χ2n) is 7.89. The molecule has 10 heteroatoms. The lowest BCUT2D eigenvalue weighted by molar-refractivity contribution is -0.139. The van der Waals surface area contributed by atoms with Gasteiger partial charge in [-0.1, -0.05) is 26.0 Å². The van der Waals surface area contributed by atoms with E-state index in [1.807, 2.05) is 13.8 Å². The summed E-state index contributed by atoms with van der Waals surface area (Å²) in [6.45, 7) is 7.15. The third-order valence-electron chi connectivity index (χ3n) is 5.24. The molecule has 10 nitrogen and oxygen atoms in total. The highest BCUT2D eigenvalue weighted by Gasteiger charge is 2.24. The predicted octanol–water partition coefficient (Wildman–Crippen LogP) is 3.17. The van der Waals surface area contributed by atoms with Crippen LogP contribution in [0.5, 0.6) is 5.75 Å². The predicted molar refractivity (Wildman–Crippen MR) is 136 cm³/mol. The van der Waals surface area contributed by atoms with Crippen LogP contribution in [0.25, 0.3) is 0 Å². The molecule has 0 aliphatic rings. The number of hydrogen-bond donors (Lipinski definition) is 5. The molecule has 0 radical (unpaired) electrons. The van der Waals surface area contributed by atoms with Gasteiger partial charge in [0.25, 0.3) is 17.7 Å². The molecule has 5 N–H and O–H groups in total. The zero-order chi connectivity index (χ0) is 27.5. The molecule has 1 aromatic heterocycles. The molecule has 0 fully saturated rings. The van der Waals surface area contributed by atoms with E-state index in [1.54, 1.807) is 32.0 Å². The molecule has 3 amide bonds. The van der Waals surface area contributed by atoms with Crippen LogP contribution < -0.4 is 16.0 Å². The molecular weight excluding hydrogens is 478 g/mol.